The van der Waals surface area contributed by atoms with Crippen LogP contribution < -0.4 is 0 Å². The summed E-state index contributed by atoms with van der Waals surface area (Å²) in [5, 5.41) is 8.97. The van der Waals surface area contributed by atoms with Gasteiger partial charge in [-0.1, -0.05) is 6.92 Å². The molecule has 0 saturated heterocycles. The first kappa shape index (κ1) is 16.6. The van der Waals surface area contributed by atoms with Crippen molar-refractivity contribution in [3.05, 3.63) is 35.1 Å². The van der Waals surface area contributed by atoms with Crippen LogP contribution in [-0.2, 0) is 6.54 Å². The highest BCUT2D eigenvalue weighted by Crippen LogP contribution is 2.13. The van der Waals surface area contributed by atoms with E-state index in [-0.39, 0.29) is 11.4 Å². The Balaban J connectivity index is 2.81. The lowest BCUT2D eigenvalue weighted by Crippen LogP contribution is -2.32. The lowest BCUT2D eigenvalue weighted by Gasteiger charge is -2.24. The van der Waals surface area contributed by atoms with E-state index in [2.05, 4.69) is 16.7 Å². The maximum atomic E-state index is 13.8. The summed E-state index contributed by atoms with van der Waals surface area (Å²) in [5.74, 6) is -1.37. The van der Waals surface area contributed by atoms with Crippen LogP contribution in [0.1, 0.15) is 29.3 Å². The van der Waals surface area contributed by atoms with Crippen molar-refractivity contribution in [2.24, 2.45) is 0 Å². The smallest absolute Gasteiger partial charge is 0.335 e. The molecule has 0 spiro atoms. The normalized spacial score (nSPS) is 11.3. The van der Waals surface area contributed by atoms with Gasteiger partial charge in [-0.3, -0.25) is 4.90 Å². The van der Waals surface area contributed by atoms with Gasteiger partial charge in [-0.25, -0.2) is 9.18 Å². The molecule has 0 atom stereocenters. The second kappa shape index (κ2) is 7.97. The van der Waals surface area contributed by atoms with Crippen LogP contribution in [0.3, 0.4) is 0 Å². The first-order valence-corrected chi connectivity index (χ1v) is 6.82. The SMILES string of the molecule is CCCN(CCN(C)C)Cc1cc(C(=O)O)ccc1F. The van der Waals surface area contributed by atoms with Gasteiger partial charge in [0.1, 0.15) is 5.82 Å². The third-order valence-electron chi connectivity index (χ3n) is 3.09. The molecule has 0 aliphatic heterocycles. The largest absolute Gasteiger partial charge is 0.478 e. The van der Waals surface area contributed by atoms with E-state index in [1.165, 1.54) is 18.2 Å². The Bertz CT molecular complexity index is 449. The Morgan fingerprint density at radius 1 is 1.25 bits per heavy atom. The molecule has 0 heterocycles. The lowest BCUT2D eigenvalue weighted by atomic mass is 10.1. The summed E-state index contributed by atoms with van der Waals surface area (Å²) in [6.45, 7) is 5.10. The van der Waals surface area contributed by atoms with Gasteiger partial charge in [-0.15, -0.1) is 0 Å². The first-order valence-electron chi connectivity index (χ1n) is 6.82. The fourth-order valence-corrected chi connectivity index (χ4v) is 2.00. The number of hydrogen-bond acceptors (Lipinski definition) is 3. The fraction of sp³-hybridized carbons (Fsp3) is 0.533. The van der Waals surface area contributed by atoms with Crippen LogP contribution in [0, 0.1) is 5.82 Å². The maximum absolute atomic E-state index is 13.8. The van der Waals surface area contributed by atoms with Gasteiger partial charge in [-0.05, 0) is 45.3 Å². The quantitative estimate of drug-likeness (QED) is 0.794. The summed E-state index contributed by atoms with van der Waals surface area (Å²) in [7, 11) is 3.99. The molecule has 5 heteroatoms. The summed E-state index contributed by atoms with van der Waals surface area (Å²) in [6.07, 6.45) is 0.980. The molecule has 0 unspecified atom stereocenters. The molecule has 1 N–H and O–H groups in total. The molecule has 20 heavy (non-hydrogen) atoms. The summed E-state index contributed by atoms with van der Waals surface area (Å²) >= 11 is 0. The highest BCUT2D eigenvalue weighted by molar-refractivity contribution is 5.87. The van der Waals surface area contributed by atoms with Gasteiger partial charge >= 0.3 is 5.97 Å². The summed E-state index contributed by atoms with van der Waals surface area (Å²) < 4.78 is 13.8. The number of carboxylic acids is 1. The van der Waals surface area contributed by atoms with E-state index in [0.29, 0.717) is 12.1 Å². The molecule has 0 aromatic heterocycles. The van der Waals surface area contributed by atoms with Gasteiger partial charge in [-0.2, -0.15) is 0 Å². The van der Waals surface area contributed by atoms with Crippen LogP contribution in [0.5, 0.6) is 0 Å². The lowest BCUT2D eigenvalue weighted by molar-refractivity contribution is 0.0696. The third-order valence-corrected chi connectivity index (χ3v) is 3.09. The number of carbonyl (C=O) groups is 1. The standard InChI is InChI=1S/C15H23FN2O2/c1-4-7-18(9-8-17(2)3)11-13-10-12(15(19)20)5-6-14(13)16/h5-6,10H,4,7-9,11H2,1-3H3,(H,19,20). The van der Waals surface area contributed by atoms with Gasteiger partial charge in [0, 0.05) is 25.2 Å². The van der Waals surface area contributed by atoms with Crippen LogP contribution in [0.25, 0.3) is 0 Å². The average molecular weight is 282 g/mol. The van der Waals surface area contributed by atoms with Crippen molar-refractivity contribution >= 4 is 5.97 Å². The highest BCUT2D eigenvalue weighted by Gasteiger charge is 2.12. The number of aromatic carboxylic acids is 1. The van der Waals surface area contributed by atoms with Crippen molar-refractivity contribution in [3.8, 4) is 0 Å². The average Bonchev–Trinajstić information content (AvgIpc) is 2.38. The summed E-state index contributed by atoms with van der Waals surface area (Å²) in [4.78, 5) is 15.2. The molecule has 0 bridgehead atoms. The van der Waals surface area contributed by atoms with Crippen LogP contribution >= 0.6 is 0 Å². The van der Waals surface area contributed by atoms with Crippen LogP contribution in [0.15, 0.2) is 18.2 Å². The van der Waals surface area contributed by atoms with E-state index in [4.69, 9.17) is 5.11 Å². The minimum Gasteiger partial charge on any atom is -0.478 e. The number of carboxylic acid groups (broad SMARTS) is 1. The predicted molar refractivity (Wildman–Crippen MR) is 77.5 cm³/mol. The van der Waals surface area contributed by atoms with Crippen molar-refractivity contribution in [1.29, 1.82) is 0 Å². The molecular formula is C15H23FN2O2. The number of benzene rings is 1. The predicted octanol–water partition coefficient (Wildman–Crippen LogP) is 2.30. The van der Waals surface area contributed by atoms with Crippen LogP contribution in [0.4, 0.5) is 4.39 Å². The van der Waals surface area contributed by atoms with E-state index in [1.807, 2.05) is 14.1 Å². The van der Waals surface area contributed by atoms with Crippen molar-refractivity contribution < 1.29 is 14.3 Å². The van der Waals surface area contributed by atoms with Crippen molar-refractivity contribution in [2.75, 3.05) is 33.7 Å². The maximum Gasteiger partial charge on any atom is 0.335 e. The minimum absolute atomic E-state index is 0.130. The molecule has 0 aliphatic rings. The minimum atomic E-state index is -1.03. The highest BCUT2D eigenvalue weighted by atomic mass is 19.1. The number of rotatable bonds is 8. The van der Waals surface area contributed by atoms with Gasteiger partial charge in [0.05, 0.1) is 5.56 Å². The van der Waals surface area contributed by atoms with Crippen molar-refractivity contribution in [1.82, 2.24) is 9.80 Å². The molecule has 0 amide bonds. The number of halogens is 1. The van der Waals surface area contributed by atoms with E-state index in [1.54, 1.807) is 0 Å². The van der Waals surface area contributed by atoms with E-state index < -0.39 is 5.97 Å². The van der Waals surface area contributed by atoms with E-state index in [9.17, 15) is 9.18 Å². The van der Waals surface area contributed by atoms with E-state index >= 15 is 0 Å². The van der Waals surface area contributed by atoms with Crippen LogP contribution in [-0.4, -0.2) is 54.6 Å². The summed E-state index contributed by atoms with van der Waals surface area (Å²) in [5.41, 5.74) is 0.572. The number of nitrogens with zero attached hydrogens (tertiary/aromatic N) is 2. The molecule has 0 fully saturated rings. The zero-order valence-corrected chi connectivity index (χ0v) is 12.4. The molecule has 1 rings (SSSR count). The zero-order valence-electron chi connectivity index (χ0n) is 12.4. The molecule has 0 radical (unpaired) electrons. The van der Waals surface area contributed by atoms with Crippen LogP contribution in [0.2, 0.25) is 0 Å². The summed E-state index contributed by atoms with van der Waals surface area (Å²) in [6, 6.07) is 3.95. The number of likely N-dealkylation sites (N-methyl/N-ethyl adjacent to an activating group) is 1. The molecule has 112 valence electrons. The molecule has 0 aliphatic carbocycles. The fourth-order valence-electron chi connectivity index (χ4n) is 2.00. The van der Waals surface area contributed by atoms with Crippen molar-refractivity contribution in [2.45, 2.75) is 19.9 Å². The van der Waals surface area contributed by atoms with Gasteiger partial charge in [0.15, 0.2) is 0 Å². The third kappa shape index (κ3) is 5.27. The van der Waals surface area contributed by atoms with Gasteiger partial charge in [0.2, 0.25) is 0 Å². The molecule has 1 aromatic carbocycles. The molecule has 4 nitrogen and oxygen atoms in total. The first-order chi connectivity index (χ1) is 9.43. The molecule has 1 aromatic rings. The second-order valence-electron chi connectivity index (χ2n) is 5.19. The Kier molecular flexibility index (Phi) is 6.61. The molecule has 0 saturated carbocycles. The van der Waals surface area contributed by atoms with Gasteiger partial charge < -0.3 is 10.0 Å². The number of hydrogen-bond donors (Lipinski definition) is 1. The Morgan fingerprint density at radius 3 is 2.50 bits per heavy atom. The molecular weight excluding hydrogens is 259 g/mol. The second-order valence-corrected chi connectivity index (χ2v) is 5.19. The van der Waals surface area contributed by atoms with Crippen molar-refractivity contribution in [3.63, 3.8) is 0 Å². The zero-order chi connectivity index (χ0) is 15.1. The van der Waals surface area contributed by atoms with E-state index in [0.717, 1.165) is 26.1 Å². The van der Waals surface area contributed by atoms with Gasteiger partial charge in [0.25, 0.3) is 0 Å². The Hall–Kier alpha value is -1.46. The monoisotopic (exact) mass is 282 g/mol. The Morgan fingerprint density at radius 2 is 1.95 bits per heavy atom. The Labute approximate surface area is 119 Å². The topological polar surface area (TPSA) is 43.8 Å².